The summed E-state index contributed by atoms with van der Waals surface area (Å²) in [5.74, 6) is 1.88. The summed E-state index contributed by atoms with van der Waals surface area (Å²) in [5.41, 5.74) is 4.84. The van der Waals surface area contributed by atoms with E-state index in [1.807, 2.05) is 0 Å². The third-order valence-electron chi connectivity index (χ3n) is 7.33. The third kappa shape index (κ3) is 2.58. The van der Waals surface area contributed by atoms with Gasteiger partial charge in [-0.25, -0.2) is 0 Å². The molecule has 3 aliphatic rings. The minimum Gasteiger partial charge on any atom is -0.489 e. The summed E-state index contributed by atoms with van der Waals surface area (Å²) in [6.45, 7) is 1.90. The van der Waals surface area contributed by atoms with Gasteiger partial charge in [-0.15, -0.1) is 0 Å². The Morgan fingerprint density at radius 1 is 1.08 bits per heavy atom. The number of rotatable bonds is 3. The zero-order valence-electron chi connectivity index (χ0n) is 15.8. The molecule has 3 atom stereocenters. The summed E-state index contributed by atoms with van der Waals surface area (Å²) < 4.78 is 6.18. The molecule has 0 spiro atoms. The number of likely N-dealkylation sites (N-methyl/N-ethyl adjacent to an activating group) is 1. The van der Waals surface area contributed by atoms with Crippen LogP contribution < -0.4 is 4.74 Å². The molecular formula is C24H29NO. The van der Waals surface area contributed by atoms with E-state index >= 15 is 0 Å². The lowest BCUT2D eigenvalue weighted by Crippen LogP contribution is -2.59. The molecule has 1 saturated carbocycles. The molecule has 0 radical (unpaired) electrons. The van der Waals surface area contributed by atoms with Gasteiger partial charge in [-0.3, -0.25) is 0 Å². The van der Waals surface area contributed by atoms with Crippen LogP contribution in [-0.4, -0.2) is 24.5 Å². The normalized spacial score (nSPS) is 30.3. The van der Waals surface area contributed by atoms with Gasteiger partial charge in [0.2, 0.25) is 0 Å². The standard InChI is InChI=1S/C24H29NO/c1-25-14-13-24-12-6-5-9-21(24)23(25)15-19-10-11-20(16-22(19)24)26-17-18-7-3-2-4-8-18/h2-4,7-8,10-11,16,21,23H,5-6,9,12-15,17H2,1H3/t21-,23?,24+/m1/s1. The van der Waals surface area contributed by atoms with Crippen LogP contribution in [0.15, 0.2) is 48.5 Å². The minimum atomic E-state index is 0.412. The number of nitrogens with zero attached hydrogens (tertiary/aromatic N) is 1. The molecule has 2 aromatic rings. The smallest absolute Gasteiger partial charge is 0.120 e. The Morgan fingerprint density at radius 3 is 2.85 bits per heavy atom. The molecular weight excluding hydrogens is 318 g/mol. The Kier molecular flexibility index (Phi) is 4.04. The van der Waals surface area contributed by atoms with Crippen LogP contribution in [0.1, 0.15) is 48.8 Å². The molecule has 1 unspecified atom stereocenters. The second-order valence-electron chi connectivity index (χ2n) is 8.60. The van der Waals surface area contributed by atoms with Crippen LogP contribution in [-0.2, 0) is 18.4 Å². The lowest BCUT2D eigenvalue weighted by Gasteiger charge is -2.58. The van der Waals surface area contributed by atoms with Gasteiger partial charge >= 0.3 is 0 Å². The Balaban J connectivity index is 1.47. The van der Waals surface area contributed by atoms with Crippen LogP contribution in [0.4, 0.5) is 0 Å². The van der Waals surface area contributed by atoms with Crippen molar-refractivity contribution in [3.8, 4) is 5.75 Å². The number of ether oxygens (including phenoxy) is 1. The highest BCUT2D eigenvalue weighted by Gasteiger charge is 2.53. The topological polar surface area (TPSA) is 12.5 Å². The van der Waals surface area contributed by atoms with E-state index in [0.29, 0.717) is 12.0 Å². The molecule has 0 amide bonds. The third-order valence-corrected chi connectivity index (χ3v) is 7.33. The van der Waals surface area contributed by atoms with Gasteiger partial charge in [-0.2, -0.15) is 0 Å². The highest BCUT2D eigenvalue weighted by Crippen LogP contribution is 2.55. The summed E-state index contributed by atoms with van der Waals surface area (Å²) in [5, 5.41) is 0. The fraction of sp³-hybridized carbons (Fsp3) is 0.500. The van der Waals surface area contributed by atoms with Crippen molar-refractivity contribution in [2.24, 2.45) is 5.92 Å². The highest BCUT2D eigenvalue weighted by atomic mass is 16.5. The number of piperidine rings is 1. The molecule has 2 bridgehead atoms. The molecule has 2 aliphatic carbocycles. The summed E-state index contributed by atoms with van der Waals surface area (Å²) >= 11 is 0. The van der Waals surface area contributed by atoms with Gasteiger partial charge in [0.25, 0.3) is 0 Å². The number of hydrogen-bond acceptors (Lipinski definition) is 2. The Morgan fingerprint density at radius 2 is 1.96 bits per heavy atom. The highest BCUT2D eigenvalue weighted by molar-refractivity contribution is 5.45. The Bertz CT molecular complexity index is 786. The molecule has 0 N–H and O–H groups in total. The maximum atomic E-state index is 6.18. The van der Waals surface area contributed by atoms with Crippen LogP contribution >= 0.6 is 0 Å². The van der Waals surface area contributed by atoms with Crippen molar-refractivity contribution in [1.29, 1.82) is 0 Å². The Labute approximate surface area is 157 Å². The number of likely N-dealkylation sites (tertiary alicyclic amines) is 1. The van der Waals surface area contributed by atoms with Crippen LogP contribution in [0.3, 0.4) is 0 Å². The van der Waals surface area contributed by atoms with Crippen LogP contribution in [0.5, 0.6) is 5.75 Å². The molecule has 1 saturated heterocycles. The van der Waals surface area contributed by atoms with E-state index in [4.69, 9.17) is 4.74 Å². The van der Waals surface area contributed by atoms with Gasteiger partial charge in [0.15, 0.2) is 0 Å². The van der Waals surface area contributed by atoms with Gasteiger partial charge in [0.1, 0.15) is 12.4 Å². The summed E-state index contributed by atoms with van der Waals surface area (Å²) in [7, 11) is 2.34. The largest absolute Gasteiger partial charge is 0.489 e. The SMILES string of the molecule is CN1CC[C@@]23CCCC[C@@H]2C1Cc1ccc(OCc2ccccc2)cc13. The molecule has 26 heavy (non-hydrogen) atoms. The Hall–Kier alpha value is -1.80. The second-order valence-corrected chi connectivity index (χ2v) is 8.60. The first-order chi connectivity index (χ1) is 12.8. The van der Waals surface area contributed by atoms with Crippen molar-refractivity contribution in [2.45, 2.75) is 56.6 Å². The fourth-order valence-electron chi connectivity index (χ4n) is 6.01. The van der Waals surface area contributed by atoms with E-state index in [1.165, 1.54) is 50.6 Å². The van der Waals surface area contributed by atoms with E-state index in [9.17, 15) is 0 Å². The van der Waals surface area contributed by atoms with Crippen molar-refractivity contribution >= 4 is 0 Å². The molecule has 2 nitrogen and oxygen atoms in total. The van der Waals surface area contributed by atoms with E-state index in [-0.39, 0.29) is 0 Å². The number of hydrogen-bond donors (Lipinski definition) is 0. The van der Waals surface area contributed by atoms with E-state index in [0.717, 1.165) is 17.7 Å². The molecule has 1 heterocycles. The lowest BCUT2D eigenvalue weighted by atomic mass is 9.52. The number of fused-ring (bicyclic) bond motifs is 1. The predicted molar refractivity (Wildman–Crippen MR) is 106 cm³/mol. The maximum absolute atomic E-state index is 6.18. The first-order valence-corrected chi connectivity index (χ1v) is 10.3. The van der Waals surface area contributed by atoms with Gasteiger partial charge < -0.3 is 9.64 Å². The molecule has 2 aromatic carbocycles. The van der Waals surface area contributed by atoms with Crippen molar-refractivity contribution in [1.82, 2.24) is 4.90 Å². The average Bonchev–Trinajstić information content (AvgIpc) is 2.70. The lowest BCUT2D eigenvalue weighted by molar-refractivity contribution is 0.00270. The minimum absolute atomic E-state index is 0.412. The van der Waals surface area contributed by atoms with Crippen molar-refractivity contribution in [3.05, 3.63) is 65.2 Å². The predicted octanol–water partition coefficient (Wildman–Crippen LogP) is 4.95. The van der Waals surface area contributed by atoms with Crippen LogP contribution in [0, 0.1) is 5.92 Å². The molecule has 2 heteroatoms. The van der Waals surface area contributed by atoms with Gasteiger partial charge in [0.05, 0.1) is 0 Å². The summed E-state index contributed by atoms with van der Waals surface area (Å²) in [4.78, 5) is 2.64. The zero-order valence-corrected chi connectivity index (χ0v) is 15.8. The van der Waals surface area contributed by atoms with Crippen molar-refractivity contribution in [3.63, 3.8) is 0 Å². The van der Waals surface area contributed by atoms with Crippen molar-refractivity contribution in [2.75, 3.05) is 13.6 Å². The zero-order chi connectivity index (χ0) is 17.6. The fourth-order valence-corrected chi connectivity index (χ4v) is 6.01. The second kappa shape index (κ2) is 6.42. The molecule has 1 aliphatic heterocycles. The molecule has 136 valence electrons. The monoisotopic (exact) mass is 347 g/mol. The number of benzene rings is 2. The van der Waals surface area contributed by atoms with Gasteiger partial charge in [-0.1, -0.05) is 49.2 Å². The van der Waals surface area contributed by atoms with E-state index in [2.05, 4.69) is 60.5 Å². The van der Waals surface area contributed by atoms with Crippen molar-refractivity contribution < 1.29 is 4.74 Å². The van der Waals surface area contributed by atoms with Gasteiger partial charge in [0, 0.05) is 11.5 Å². The van der Waals surface area contributed by atoms with E-state index in [1.54, 1.807) is 11.1 Å². The van der Waals surface area contributed by atoms with Crippen LogP contribution in [0.25, 0.3) is 0 Å². The molecule has 2 fully saturated rings. The maximum Gasteiger partial charge on any atom is 0.120 e. The summed E-state index contributed by atoms with van der Waals surface area (Å²) in [6.07, 6.45) is 8.12. The average molecular weight is 348 g/mol. The molecule has 5 rings (SSSR count). The van der Waals surface area contributed by atoms with Gasteiger partial charge in [-0.05, 0) is 74.0 Å². The quantitative estimate of drug-likeness (QED) is 0.778. The summed E-state index contributed by atoms with van der Waals surface area (Å²) in [6, 6.07) is 18.2. The first kappa shape index (κ1) is 16.4. The molecule has 0 aromatic heterocycles. The van der Waals surface area contributed by atoms with Crippen LogP contribution in [0.2, 0.25) is 0 Å². The first-order valence-electron chi connectivity index (χ1n) is 10.3. The van der Waals surface area contributed by atoms with E-state index < -0.39 is 0 Å².